The second-order valence-corrected chi connectivity index (χ2v) is 9.80. The topological polar surface area (TPSA) is 92.4 Å². The number of amides is 2. The van der Waals surface area contributed by atoms with E-state index in [4.69, 9.17) is 5.73 Å². The van der Waals surface area contributed by atoms with Crippen LogP contribution in [0.25, 0.3) is 17.0 Å². The van der Waals surface area contributed by atoms with Crippen LogP contribution in [-0.4, -0.2) is 50.7 Å². The van der Waals surface area contributed by atoms with E-state index in [-0.39, 0.29) is 11.8 Å². The highest BCUT2D eigenvalue weighted by molar-refractivity contribution is 9.11. The molecule has 4 rings (SSSR count). The van der Waals surface area contributed by atoms with Gasteiger partial charge in [0.05, 0.1) is 9.30 Å². The average molecular weight is 500 g/mol. The number of nitrogens with two attached hydrogens (primary N) is 1. The molecular formula is C22H22BrN5O2S. The summed E-state index contributed by atoms with van der Waals surface area (Å²) in [5.74, 6) is 0.271. The van der Waals surface area contributed by atoms with Crippen LogP contribution in [0, 0.1) is 0 Å². The van der Waals surface area contributed by atoms with Crippen LogP contribution in [0.4, 0.5) is 5.82 Å². The van der Waals surface area contributed by atoms with E-state index in [0.717, 1.165) is 25.1 Å². The van der Waals surface area contributed by atoms with Crippen molar-refractivity contribution in [2.45, 2.75) is 25.9 Å². The molecule has 1 saturated heterocycles. The van der Waals surface area contributed by atoms with E-state index in [1.807, 2.05) is 42.2 Å². The number of thiophene rings is 1. The first-order valence-electron chi connectivity index (χ1n) is 9.98. The molecule has 0 unspecified atom stereocenters. The third-order valence-corrected chi connectivity index (χ3v) is 6.93. The van der Waals surface area contributed by atoms with Crippen molar-refractivity contribution in [1.29, 1.82) is 0 Å². The van der Waals surface area contributed by atoms with Crippen LogP contribution < -0.4 is 5.73 Å². The van der Waals surface area contributed by atoms with Crippen LogP contribution in [-0.2, 0) is 16.1 Å². The standard InChI is InChI=1S/C22H22BrN5O2S/c1-2-18-22(30)27(12-14-3-6-16-17(11-14)25-13-26-21(16)24)9-10-28(18)20(29)8-5-15-4-7-19(23)31-15/h3-8,11,13,18H,2,9-10,12H2,1H3,(H2,24,25,26)/t18-/m0/s1. The molecule has 3 heterocycles. The number of benzene rings is 1. The third-order valence-electron chi connectivity index (χ3n) is 5.34. The number of halogens is 1. The molecule has 2 aromatic heterocycles. The summed E-state index contributed by atoms with van der Waals surface area (Å²) in [4.78, 5) is 38.6. The van der Waals surface area contributed by atoms with Crippen LogP contribution in [0.2, 0.25) is 0 Å². The van der Waals surface area contributed by atoms with Gasteiger partial charge in [-0.05, 0) is 58.3 Å². The predicted octanol–water partition coefficient (Wildman–Crippen LogP) is 3.70. The van der Waals surface area contributed by atoms with E-state index in [1.165, 1.54) is 6.33 Å². The number of aromatic nitrogens is 2. The fourth-order valence-corrected chi connectivity index (χ4v) is 5.09. The number of nitrogen functional groups attached to an aromatic ring is 1. The molecule has 2 amide bonds. The Morgan fingerprint density at radius 3 is 2.87 bits per heavy atom. The smallest absolute Gasteiger partial charge is 0.247 e. The van der Waals surface area contributed by atoms with Crippen molar-refractivity contribution in [3.63, 3.8) is 0 Å². The molecule has 7 nitrogen and oxygen atoms in total. The lowest BCUT2D eigenvalue weighted by Gasteiger charge is -2.40. The van der Waals surface area contributed by atoms with Gasteiger partial charge < -0.3 is 15.5 Å². The van der Waals surface area contributed by atoms with Crippen molar-refractivity contribution in [3.05, 3.63) is 57.0 Å². The van der Waals surface area contributed by atoms with Crippen LogP contribution in [0.5, 0.6) is 0 Å². The highest BCUT2D eigenvalue weighted by Gasteiger charge is 2.35. The van der Waals surface area contributed by atoms with Gasteiger partial charge in [-0.15, -0.1) is 11.3 Å². The molecular weight excluding hydrogens is 478 g/mol. The molecule has 1 aromatic carbocycles. The Labute approximate surface area is 192 Å². The highest BCUT2D eigenvalue weighted by atomic mass is 79.9. The summed E-state index contributed by atoms with van der Waals surface area (Å²) >= 11 is 4.97. The van der Waals surface area contributed by atoms with Crippen molar-refractivity contribution in [2.24, 2.45) is 0 Å². The van der Waals surface area contributed by atoms with Crippen molar-refractivity contribution in [1.82, 2.24) is 19.8 Å². The fraction of sp³-hybridized carbons (Fsp3) is 0.273. The van der Waals surface area contributed by atoms with Crippen molar-refractivity contribution in [2.75, 3.05) is 18.8 Å². The summed E-state index contributed by atoms with van der Waals surface area (Å²) in [5, 5.41) is 0.795. The molecule has 0 bridgehead atoms. The maximum Gasteiger partial charge on any atom is 0.247 e. The predicted molar refractivity (Wildman–Crippen MR) is 126 cm³/mol. The molecule has 0 aliphatic carbocycles. The van der Waals surface area contributed by atoms with E-state index < -0.39 is 6.04 Å². The fourth-order valence-electron chi connectivity index (χ4n) is 3.76. The zero-order chi connectivity index (χ0) is 22.0. The summed E-state index contributed by atoms with van der Waals surface area (Å²) in [6.07, 6.45) is 5.36. The lowest BCUT2D eigenvalue weighted by atomic mass is 10.1. The number of carbonyl (C=O) groups is 2. The van der Waals surface area contributed by atoms with Gasteiger partial charge >= 0.3 is 0 Å². The molecule has 31 heavy (non-hydrogen) atoms. The number of hydrogen-bond donors (Lipinski definition) is 1. The molecule has 1 aliphatic heterocycles. The number of rotatable bonds is 5. The normalized spacial score (nSPS) is 17.1. The zero-order valence-corrected chi connectivity index (χ0v) is 19.4. The van der Waals surface area contributed by atoms with Crippen molar-refractivity contribution in [3.8, 4) is 0 Å². The number of fused-ring (bicyclic) bond motifs is 1. The molecule has 2 N–H and O–H groups in total. The summed E-state index contributed by atoms with van der Waals surface area (Å²) in [6.45, 7) is 3.39. The number of nitrogens with zero attached hydrogens (tertiary/aromatic N) is 4. The summed E-state index contributed by atoms with van der Waals surface area (Å²) in [7, 11) is 0. The first-order valence-corrected chi connectivity index (χ1v) is 11.6. The van der Waals surface area contributed by atoms with Gasteiger partial charge in [0, 0.05) is 36.0 Å². The van der Waals surface area contributed by atoms with Crippen LogP contribution in [0.3, 0.4) is 0 Å². The number of carbonyl (C=O) groups excluding carboxylic acids is 2. The molecule has 0 radical (unpaired) electrons. The molecule has 1 atom stereocenters. The van der Waals surface area contributed by atoms with Gasteiger partial charge in [-0.1, -0.05) is 13.0 Å². The second kappa shape index (κ2) is 9.15. The van der Waals surface area contributed by atoms with Gasteiger partial charge in [0.25, 0.3) is 0 Å². The van der Waals surface area contributed by atoms with Crippen LogP contribution in [0.1, 0.15) is 23.8 Å². The number of piperazine rings is 1. The second-order valence-electron chi connectivity index (χ2n) is 7.30. The Morgan fingerprint density at radius 2 is 2.13 bits per heavy atom. The first-order chi connectivity index (χ1) is 15.0. The maximum absolute atomic E-state index is 13.1. The minimum atomic E-state index is -0.459. The molecule has 160 valence electrons. The molecule has 0 saturated carbocycles. The van der Waals surface area contributed by atoms with Gasteiger partial charge in [0.1, 0.15) is 18.2 Å². The molecule has 9 heteroatoms. The van der Waals surface area contributed by atoms with E-state index in [0.29, 0.717) is 31.9 Å². The van der Waals surface area contributed by atoms with E-state index in [9.17, 15) is 9.59 Å². The Balaban J connectivity index is 1.46. The molecule has 0 spiro atoms. The van der Waals surface area contributed by atoms with Gasteiger partial charge in [-0.3, -0.25) is 9.59 Å². The minimum Gasteiger partial charge on any atom is -0.383 e. The van der Waals surface area contributed by atoms with Crippen LogP contribution in [0.15, 0.2) is 46.5 Å². The molecule has 1 aliphatic rings. The number of anilines is 1. The number of hydrogen-bond acceptors (Lipinski definition) is 6. The first kappa shape index (κ1) is 21.5. The quantitative estimate of drug-likeness (QED) is 0.540. The zero-order valence-electron chi connectivity index (χ0n) is 17.0. The monoisotopic (exact) mass is 499 g/mol. The summed E-state index contributed by atoms with van der Waals surface area (Å²) in [5.41, 5.74) is 7.62. The van der Waals surface area contributed by atoms with Gasteiger partial charge in [0.2, 0.25) is 11.8 Å². The Kier molecular flexibility index (Phi) is 6.33. The molecule has 3 aromatic rings. The van der Waals surface area contributed by atoms with E-state index in [2.05, 4.69) is 25.9 Å². The van der Waals surface area contributed by atoms with Gasteiger partial charge in [0.15, 0.2) is 0 Å². The summed E-state index contributed by atoms with van der Waals surface area (Å²) < 4.78 is 1.01. The van der Waals surface area contributed by atoms with Crippen molar-refractivity contribution < 1.29 is 9.59 Å². The Morgan fingerprint density at radius 1 is 1.29 bits per heavy atom. The van der Waals surface area contributed by atoms with Gasteiger partial charge in [-0.2, -0.15) is 0 Å². The highest BCUT2D eigenvalue weighted by Crippen LogP contribution is 2.24. The van der Waals surface area contributed by atoms with E-state index in [1.54, 1.807) is 28.4 Å². The SMILES string of the molecule is CC[C@H]1C(=O)N(Cc2ccc3c(N)ncnc3c2)CCN1C(=O)C=Cc1ccc(Br)s1. The third kappa shape index (κ3) is 4.62. The largest absolute Gasteiger partial charge is 0.383 e. The molecule has 1 fully saturated rings. The lowest BCUT2D eigenvalue weighted by molar-refractivity contribution is -0.149. The van der Waals surface area contributed by atoms with Crippen LogP contribution >= 0.6 is 27.3 Å². The summed E-state index contributed by atoms with van der Waals surface area (Å²) in [6, 6.07) is 9.19. The average Bonchev–Trinajstić information content (AvgIpc) is 3.18. The Bertz CT molecular complexity index is 1160. The Hall–Kier alpha value is -2.78. The maximum atomic E-state index is 13.1. The van der Waals surface area contributed by atoms with Crippen molar-refractivity contribution >= 4 is 61.9 Å². The lowest BCUT2D eigenvalue weighted by Crippen LogP contribution is -2.57. The minimum absolute atomic E-state index is 0.0309. The van der Waals surface area contributed by atoms with Gasteiger partial charge in [-0.25, -0.2) is 9.97 Å². The van der Waals surface area contributed by atoms with E-state index >= 15 is 0 Å².